The smallest absolute Gasteiger partial charge is 0.0741 e. The molecule has 1 unspecified atom stereocenters. The fraction of sp³-hybridized carbons (Fsp3) is 1.00. The van der Waals surface area contributed by atoms with Gasteiger partial charge in [-0.3, -0.25) is 0 Å². The van der Waals surface area contributed by atoms with Gasteiger partial charge in [-0.25, -0.2) is 0 Å². The highest BCUT2D eigenvalue weighted by atomic mass is 16.3. The van der Waals surface area contributed by atoms with Crippen molar-refractivity contribution in [2.45, 2.75) is 64.5 Å². The second-order valence-electron chi connectivity index (χ2n) is 5.98. The number of hydrogen-bond acceptors (Lipinski definition) is 3. The van der Waals surface area contributed by atoms with Crippen LogP contribution < -0.4 is 5.32 Å². The van der Waals surface area contributed by atoms with Crippen molar-refractivity contribution in [3.8, 4) is 0 Å². The molecule has 3 nitrogen and oxygen atoms in total. The van der Waals surface area contributed by atoms with Gasteiger partial charge in [0.15, 0.2) is 0 Å². The van der Waals surface area contributed by atoms with E-state index in [1.54, 1.807) is 0 Å². The van der Waals surface area contributed by atoms with Gasteiger partial charge in [-0.05, 0) is 33.6 Å². The molecular formula is C13H27NO2. The minimum absolute atomic E-state index is 0.0533. The van der Waals surface area contributed by atoms with E-state index in [2.05, 4.69) is 5.32 Å². The van der Waals surface area contributed by atoms with Crippen LogP contribution in [0.4, 0.5) is 0 Å². The average molecular weight is 229 g/mol. The molecule has 0 spiro atoms. The fourth-order valence-electron chi connectivity index (χ4n) is 2.31. The van der Waals surface area contributed by atoms with Gasteiger partial charge in [-0.2, -0.15) is 0 Å². The lowest BCUT2D eigenvalue weighted by Gasteiger charge is -2.38. The predicted molar refractivity (Wildman–Crippen MR) is 66.4 cm³/mol. The van der Waals surface area contributed by atoms with Gasteiger partial charge in [0, 0.05) is 24.6 Å². The maximum Gasteiger partial charge on any atom is 0.0741 e. The number of rotatable bonds is 5. The van der Waals surface area contributed by atoms with Crippen molar-refractivity contribution in [3.63, 3.8) is 0 Å². The molecule has 3 heteroatoms. The number of hydrogen-bond donors (Lipinski definition) is 3. The van der Waals surface area contributed by atoms with Crippen molar-refractivity contribution in [2.75, 3.05) is 13.2 Å². The van der Waals surface area contributed by atoms with Crippen molar-refractivity contribution < 1.29 is 10.2 Å². The van der Waals surface area contributed by atoms with Crippen molar-refractivity contribution in [1.82, 2.24) is 5.32 Å². The second-order valence-corrected chi connectivity index (χ2v) is 5.98. The van der Waals surface area contributed by atoms with Crippen molar-refractivity contribution in [3.05, 3.63) is 0 Å². The van der Waals surface area contributed by atoms with Gasteiger partial charge in [-0.1, -0.05) is 19.3 Å². The first kappa shape index (κ1) is 13.9. The summed E-state index contributed by atoms with van der Waals surface area (Å²) >= 11 is 0. The number of aliphatic hydroxyl groups is 2. The third-order valence-electron chi connectivity index (χ3n) is 4.09. The highest BCUT2D eigenvalue weighted by Gasteiger charge is 2.33. The molecule has 1 atom stereocenters. The van der Waals surface area contributed by atoms with Crippen LogP contribution in [-0.2, 0) is 0 Å². The van der Waals surface area contributed by atoms with E-state index in [0.717, 1.165) is 19.4 Å². The molecule has 1 saturated carbocycles. The normalized spacial score (nSPS) is 23.1. The van der Waals surface area contributed by atoms with E-state index >= 15 is 0 Å². The SMILES string of the molecule is CC(NCC1(CO)CCCCC1)C(C)(C)O. The summed E-state index contributed by atoms with van der Waals surface area (Å²) < 4.78 is 0. The molecule has 3 N–H and O–H groups in total. The van der Waals surface area contributed by atoms with Gasteiger partial charge in [0.25, 0.3) is 0 Å². The minimum atomic E-state index is -0.703. The van der Waals surface area contributed by atoms with Crippen LogP contribution in [0.15, 0.2) is 0 Å². The summed E-state index contributed by atoms with van der Waals surface area (Å²) in [7, 11) is 0. The van der Waals surface area contributed by atoms with E-state index in [9.17, 15) is 10.2 Å². The van der Waals surface area contributed by atoms with Crippen LogP contribution >= 0.6 is 0 Å². The molecule has 1 aliphatic carbocycles. The Balaban J connectivity index is 2.45. The molecule has 0 aromatic rings. The standard InChI is InChI=1S/C13H27NO2/c1-11(12(2,3)16)14-9-13(10-15)7-5-4-6-8-13/h11,14-16H,4-10H2,1-3H3. The van der Waals surface area contributed by atoms with Gasteiger partial charge >= 0.3 is 0 Å². The molecule has 0 aromatic heterocycles. The largest absolute Gasteiger partial charge is 0.396 e. The third kappa shape index (κ3) is 3.72. The second kappa shape index (κ2) is 5.48. The maximum atomic E-state index is 9.85. The van der Waals surface area contributed by atoms with E-state index in [1.165, 1.54) is 19.3 Å². The van der Waals surface area contributed by atoms with E-state index in [4.69, 9.17) is 0 Å². The molecule has 0 heterocycles. The van der Waals surface area contributed by atoms with E-state index in [1.807, 2.05) is 20.8 Å². The molecule has 0 bridgehead atoms. The number of nitrogens with one attached hydrogen (secondary N) is 1. The lowest BCUT2D eigenvalue weighted by Crippen LogP contribution is -2.49. The summed E-state index contributed by atoms with van der Waals surface area (Å²) in [6.07, 6.45) is 5.95. The van der Waals surface area contributed by atoms with Crippen LogP contribution in [0, 0.1) is 5.41 Å². The maximum absolute atomic E-state index is 9.85. The van der Waals surface area contributed by atoms with Gasteiger partial charge in [0.2, 0.25) is 0 Å². The number of aliphatic hydroxyl groups excluding tert-OH is 1. The molecule has 0 aliphatic heterocycles. The first-order valence-electron chi connectivity index (χ1n) is 6.46. The highest BCUT2D eigenvalue weighted by Crippen LogP contribution is 2.35. The Kier molecular flexibility index (Phi) is 4.77. The van der Waals surface area contributed by atoms with Crippen LogP contribution in [0.25, 0.3) is 0 Å². The summed E-state index contributed by atoms with van der Waals surface area (Å²) in [4.78, 5) is 0. The lowest BCUT2D eigenvalue weighted by molar-refractivity contribution is 0.0267. The molecule has 1 aliphatic rings. The van der Waals surface area contributed by atoms with E-state index in [-0.39, 0.29) is 18.1 Å². The Labute approximate surface area is 99.3 Å². The van der Waals surface area contributed by atoms with Gasteiger partial charge in [-0.15, -0.1) is 0 Å². The summed E-state index contributed by atoms with van der Waals surface area (Å²) in [5.74, 6) is 0. The van der Waals surface area contributed by atoms with Crippen LogP contribution in [0.3, 0.4) is 0 Å². The Morgan fingerprint density at radius 1 is 1.25 bits per heavy atom. The molecular weight excluding hydrogens is 202 g/mol. The fourth-order valence-corrected chi connectivity index (χ4v) is 2.31. The molecule has 96 valence electrons. The van der Waals surface area contributed by atoms with Gasteiger partial charge in [0.1, 0.15) is 0 Å². The monoisotopic (exact) mass is 229 g/mol. The Morgan fingerprint density at radius 3 is 2.25 bits per heavy atom. The predicted octanol–water partition coefficient (Wildman–Crippen LogP) is 1.68. The summed E-state index contributed by atoms with van der Waals surface area (Å²) in [6, 6.07) is 0.0536. The van der Waals surface area contributed by atoms with Crippen molar-refractivity contribution in [1.29, 1.82) is 0 Å². The highest BCUT2D eigenvalue weighted by molar-refractivity contribution is 4.88. The summed E-state index contributed by atoms with van der Waals surface area (Å²) in [5, 5.41) is 22.8. The van der Waals surface area contributed by atoms with Crippen molar-refractivity contribution in [2.24, 2.45) is 5.41 Å². The molecule has 0 amide bonds. The van der Waals surface area contributed by atoms with Crippen LogP contribution in [0.1, 0.15) is 52.9 Å². The molecule has 16 heavy (non-hydrogen) atoms. The molecule has 0 aromatic carbocycles. The van der Waals surface area contributed by atoms with E-state index < -0.39 is 5.60 Å². The zero-order chi connectivity index (χ0) is 12.2. The van der Waals surface area contributed by atoms with Gasteiger partial charge < -0.3 is 15.5 Å². The molecule has 0 radical (unpaired) electrons. The topological polar surface area (TPSA) is 52.5 Å². The zero-order valence-electron chi connectivity index (χ0n) is 10.9. The van der Waals surface area contributed by atoms with Crippen LogP contribution in [0.5, 0.6) is 0 Å². The van der Waals surface area contributed by atoms with E-state index in [0.29, 0.717) is 0 Å². The van der Waals surface area contributed by atoms with Gasteiger partial charge in [0.05, 0.1) is 5.60 Å². The Morgan fingerprint density at radius 2 is 1.81 bits per heavy atom. The quantitative estimate of drug-likeness (QED) is 0.672. The molecule has 0 saturated heterocycles. The average Bonchev–Trinajstić information content (AvgIpc) is 2.26. The molecule has 1 rings (SSSR count). The third-order valence-corrected chi connectivity index (χ3v) is 4.09. The first-order valence-corrected chi connectivity index (χ1v) is 6.46. The Hall–Kier alpha value is -0.120. The zero-order valence-corrected chi connectivity index (χ0v) is 10.9. The lowest BCUT2D eigenvalue weighted by atomic mass is 9.74. The minimum Gasteiger partial charge on any atom is -0.396 e. The summed E-state index contributed by atoms with van der Waals surface area (Å²) in [6.45, 7) is 6.70. The Bertz CT molecular complexity index is 204. The van der Waals surface area contributed by atoms with Crippen LogP contribution in [0.2, 0.25) is 0 Å². The van der Waals surface area contributed by atoms with Crippen LogP contribution in [-0.4, -0.2) is 35.0 Å². The van der Waals surface area contributed by atoms with Crippen molar-refractivity contribution >= 4 is 0 Å². The summed E-state index contributed by atoms with van der Waals surface area (Å²) in [5.41, 5.74) is -0.650. The molecule has 1 fully saturated rings. The first-order chi connectivity index (χ1) is 7.40.